The van der Waals surface area contributed by atoms with Gasteiger partial charge in [0.2, 0.25) is 0 Å². The van der Waals surface area contributed by atoms with Crippen molar-refractivity contribution in [2.45, 2.75) is 30.1 Å². The summed E-state index contributed by atoms with van der Waals surface area (Å²) in [5.41, 5.74) is 4.11. The molecule has 0 aliphatic carbocycles. The first-order valence-corrected chi connectivity index (χ1v) is 13.0. The van der Waals surface area contributed by atoms with Crippen LogP contribution in [0.3, 0.4) is 0 Å². The third-order valence-electron chi connectivity index (χ3n) is 5.85. The molecule has 0 unspecified atom stereocenters. The number of carboxylic acids is 1. The second kappa shape index (κ2) is 12.8. The summed E-state index contributed by atoms with van der Waals surface area (Å²) in [6.07, 6.45) is 3.03. The molecular formula is C30H29NO4S. The van der Waals surface area contributed by atoms with Crippen LogP contribution in [0.5, 0.6) is 5.75 Å². The smallest absolute Gasteiger partial charge is 0.303 e. The van der Waals surface area contributed by atoms with Crippen LogP contribution >= 0.6 is 11.8 Å². The lowest BCUT2D eigenvalue weighted by Gasteiger charge is -2.19. The van der Waals surface area contributed by atoms with Crippen LogP contribution in [0.2, 0.25) is 0 Å². The number of carbonyl (C=O) groups is 1. The molecule has 0 aliphatic rings. The molecule has 2 N–H and O–H groups in total. The molecule has 36 heavy (non-hydrogen) atoms. The van der Waals surface area contributed by atoms with Crippen molar-refractivity contribution >= 4 is 17.7 Å². The lowest BCUT2D eigenvalue weighted by atomic mass is 9.85. The van der Waals surface area contributed by atoms with Gasteiger partial charge in [-0.1, -0.05) is 66.7 Å². The molecule has 0 atom stereocenters. The Morgan fingerprint density at radius 1 is 0.889 bits per heavy atom. The van der Waals surface area contributed by atoms with Crippen molar-refractivity contribution in [2.75, 3.05) is 12.4 Å². The molecule has 4 rings (SSSR count). The third kappa shape index (κ3) is 7.12. The summed E-state index contributed by atoms with van der Waals surface area (Å²) in [6.45, 7) is 0.368. The van der Waals surface area contributed by atoms with E-state index in [9.17, 15) is 9.59 Å². The molecule has 0 saturated carbocycles. The summed E-state index contributed by atoms with van der Waals surface area (Å²) in [5.74, 6) is 0.682. The van der Waals surface area contributed by atoms with E-state index in [1.807, 2.05) is 72.9 Å². The number of thioether (sulfide) groups is 1. The highest BCUT2D eigenvalue weighted by Gasteiger charge is 2.18. The third-order valence-corrected chi connectivity index (χ3v) is 6.85. The van der Waals surface area contributed by atoms with E-state index in [-0.39, 0.29) is 17.9 Å². The fraction of sp³-hybridized carbons (Fsp3) is 0.200. The molecule has 0 spiro atoms. The Labute approximate surface area is 215 Å². The van der Waals surface area contributed by atoms with E-state index in [0.29, 0.717) is 19.4 Å². The Morgan fingerprint density at radius 3 is 2.25 bits per heavy atom. The van der Waals surface area contributed by atoms with Gasteiger partial charge in [-0.2, -0.15) is 0 Å². The molecule has 0 fully saturated rings. The number of hydrogen-bond donors (Lipinski definition) is 2. The van der Waals surface area contributed by atoms with E-state index in [1.54, 1.807) is 11.8 Å². The molecule has 5 nitrogen and oxygen atoms in total. The quantitative estimate of drug-likeness (QED) is 0.181. The van der Waals surface area contributed by atoms with Gasteiger partial charge in [-0.25, -0.2) is 0 Å². The van der Waals surface area contributed by atoms with Gasteiger partial charge in [0, 0.05) is 34.7 Å². The highest BCUT2D eigenvalue weighted by Crippen LogP contribution is 2.31. The van der Waals surface area contributed by atoms with Crippen molar-refractivity contribution in [3.8, 4) is 5.75 Å². The Kier molecular flexibility index (Phi) is 9.00. The number of aryl methyl sites for hydroxylation is 1. The Balaban J connectivity index is 1.44. The van der Waals surface area contributed by atoms with Gasteiger partial charge in [0.15, 0.2) is 0 Å². The van der Waals surface area contributed by atoms with Gasteiger partial charge in [-0.05, 0) is 53.8 Å². The minimum atomic E-state index is -0.819. The van der Waals surface area contributed by atoms with Crippen LogP contribution in [0.25, 0.3) is 0 Å². The number of ether oxygens (including phenoxy) is 1. The topological polar surface area (TPSA) is 79.4 Å². The van der Waals surface area contributed by atoms with Crippen LogP contribution in [0.1, 0.15) is 41.0 Å². The van der Waals surface area contributed by atoms with E-state index in [0.717, 1.165) is 27.5 Å². The average molecular weight is 500 g/mol. The van der Waals surface area contributed by atoms with Gasteiger partial charge in [-0.15, -0.1) is 11.8 Å². The predicted octanol–water partition coefficient (Wildman–Crippen LogP) is 6.13. The normalized spacial score (nSPS) is 10.9. The SMILES string of the molecule is O=C(O)CCCOc1cccc(SCCc2cc(C(c3ccccc3)c3ccccc3)c[nH]c2=O)c1. The van der Waals surface area contributed by atoms with E-state index in [1.165, 1.54) is 11.1 Å². The Hall–Kier alpha value is -3.77. The van der Waals surface area contributed by atoms with Gasteiger partial charge in [0.25, 0.3) is 5.56 Å². The molecule has 0 radical (unpaired) electrons. The van der Waals surface area contributed by atoms with Crippen LogP contribution < -0.4 is 10.3 Å². The molecule has 3 aromatic carbocycles. The van der Waals surface area contributed by atoms with Gasteiger partial charge < -0.3 is 14.8 Å². The maximum atomic E-state index is 12.6. The van der Waals surface area contributed by atoms with Crippen LogP contribution in [0.15, 0.2) is 107 Å². The number of pyridine rings is 1. The Morgan fingerprint density at radius 2 is 1.58 bits per heavy atom. The molecule has 0 amide bonds. The molecule has 6 heteroatoms. The summed E-state index contributed by atoms with van der Waals surface area (Å²) >= 11 is 1.66. The summed E-state index contributed by atoms with van der Waals surface area (Å²) in [6, 6.07) is 30.4. The number of nitrogens with one attached hydrogen (secondary N) is 1. The van der Waals surface area contributed by atoms with Gasteiger partial charge in [0.05, 0.1) is 6.61 Å². The number of aromatic amines is 1. The van der Waals surface area contributed by atoms with Crippen LogP contribution in [-0.2, 0) is 11.2 Å². The van der Waals surface area contributed by atoms with Gasteiger partial charge in [0.1, 0.15) is 5.75 Å². The van der Waals surface area contributed by atoms with Crippen molar-refractivity contribution in [3.63, 3.8) is 0 Å². The van der Waals surface area contributed by atoms with E-state index in [4.69, 9.17) is 9.84 Å². The van der Waals surface area contributed by atoms with Crippen LogP contribution in [-0.4, -0.2) is 28.4 Å². The monoisotopic (exact) mass is 499 g/mol. The maximum absolute atomic E-state index is 12.6. The maximum Gasteiger partial charge on any atom is 0.303 e. The van der Waals surface area contributed by atoms with E-state index < -0.39 is 5.97 Å². The zero-order valence-electron chi connectivity index (χ0n) is 19.9. The summed E-state index contributed by atoms with van der Waals surface area (Å²) in [4.78, 5) is 27.3. The molecule has 0 bridgehead atoms. The largest absolute Gasteiger partial charge is 0.494 e. The second-order valence-electron chi connectivity index (χ2n) is 8.46. The number of rotatable bonds is 12. The minimum Gasteiger partial charge on any atom is -0.494 e. The standard InChI is InChI=1S/C30H29NO4S/c32-28(33)15-8-17-35-26-13-7-14-27(20-26)36-18-16-24-19-25(21-31-30(24)34)29(22-9-3-1-4-10-22)23-11-5-2-6-12-23/h1-7,9-14,19-21,29H,8,15-18H2,(H,31,34)(H,32,33). The first kappa shape index (κ1) is 25.3. The molecule has 1 aromatic heterocycles. The van der Waals surface area contributed by atoms with Gasteiger partial charge in [-0.3, -0.25) is 9.59 Å². The van der Waals surface area contributed by atoms with Crippen molar-refractivity contribution in [1.82, 2.24) is 4.98 Å². The molecule has 184 valence electrons. The lowest BCUT2D eigenvalue weighted by Crippen LogP contribution is -2.15. The van der Waals surface area contributed by atoms with Crippen molar-refractivity contribution in [1.29, 1.82) is 0 Å². The number of benzene rings is 3. The zero-order valence-corrected chi connectivity index (χ0v) is 20.7. The Bertz CT molecular complexity index is 1280. The number of aromatic nitrogens is 1. The highest BCUT2D eigenvalue weighted by atomic mass is 32.2. The first-order chi connectivity index (χ1) is 17.6. The minimum absolute atomic E-state index is 0.0330. The van der Waals surface area contributed by atoms with Crippen LogP contribution in [0.4, 0.5) is 0 Å². The van der Waals surface area contributed by atoms with Crippen molar-refractivity contribution < 1.29 is 14.6 Å². The van der Waals surface area contributed by atoms with E-state index in [2.05, 4.69) is 29.2 Å². The summed E-state index contributed by atoms with van der Waals surface area (Å²) in [5, 5.41) is 8.75. The predicted molar refractivity (Wildman–Crippen MR) is 144 cm³/mol. The average Bonchev–Trinajstić information content (AvgIpc) is 2.90. The molecule has 1 heterocycles. The lowest BCUT2D eigenvalue weighted by molar-refractivity contribution is -0.137. The highest BCUT2D eigenvalue weighted by molar-refractivity contribution is 7.99. The first-order valence-electron chi connectivity index (χ1n) is 12.0. The molecule has 4 aromatic rings. The number of aliphatic carboxylic acids is 1. The fourth-order valence-electron chi connectivity index (χ4n) is 4.12. The second-order valence-corrected chi connectivity index (χ2v) is 9.63. The fourth-order valence-corrected chi connectivity index (χ4v) is 5.05. The van der Waals surface area contributed by atoms with Crippen molar-refractivity contribution in [3.05, 3.63) is 130 Å². The molecule has 0 aliphatic heterocycles. The number of hydrogen-bond acceptors (Lipinski definition) is 4. The number of carboxylic acid groups (broad SMARTS) is 1. The molecular weight excluding hydrogens is 470 g/mol. The van der Waals surface area contributed by atoms with Crippen LogP contribution in [0, 0.1) is 0 Å². The number of H-pyrrole nitrogens is 1. The van der Waals surface area contributed by atoms with Gasteiger partial charge >= 0.3 is 5.97 Å². The van der Waals surface area contributed by atoms with Crippen molar-refractivity contribution in [2.24, 2.45) is 0 Å². The summed E-state index contributed by atoms with van der Waals surface area (Å²) < 4.78 is 5.68. The molecule has 0 saturated heterocycles. The zero-order chi connectivity index (χ0) is 25.2. The summed E-state index contributed by atoms with van der Waals surface area (Å²) in [7, 11) is 0. The van der Waals surface area contributed by atoms with E-state index >= 15 is 0 Å².